The van der Waals surface area contributed by atoms with Crippen LogP contribution >= 0.6 is 11.8 Å². The van der Waals surface area contributed by atoms with Crippen molar-refractivity contribution in [3.63, 3.8) is 0 Å². The average molecular weight is 363 g/mol. The summed E-state index contributed by atoms with van der Waals surface area (Å²) in [7, 11) is 0. The summed E-state index contributed by atoms with van der Waals surface area (Å²) in [5.41, 5.74) is 2.28. The lowest BCUT2D eigenvalue weighted by atomic mass is 10.0. The van der Waals surface area contributed by atoms with E-state index in [1.54, 1.807) is 17.2 Å². The lowest BCUT2D eigenvalue weighted by molar-refractivity contribution is -0.121. The van der Waals surface area contributed by atoms with Crippen molar-refractivity contribution in [2.24, 2.45) is 4.99 Å². The number of rotatable bonds is 5. The van der Waals surface area contributed by atoms with Crippen LogP contribution in [0.25, 0.3) is 6.08 Å². The maximum atomic E-state index is 12.8. The Morgan fingerprint density at radius 3 is 2.62 bits per heavy atom. The van der Waals surface area contributed by atoms with Crippen molar-refractivity contribution in [2.75, 3.05) is 6.54 Å². The molecule has 4 nitrogen and oxygen atoms in total. The van der Waals surface area contributed by atoms with Gasteiger partial charge in [0.15, 0.2) is 11.0 Å². The maximum Gasteiger partial charge on any atom is 0.267 e. The van der Waals surface area contributed by atoms with Crippen LogP contribution in [0.4, 0.5) is 5.82 Å². The molecule has 0 spiro atoms. The van der Waals surface area contributed by atoms with Crippen molar-refractivity contribution >= 4 is 34.7 Å². The highest BCUT2D eigenvalue weighted by atomic mass is 32.2. The van der Waals surface area contributed by atoms with Crippen LogP contribution in [-0.4, -0.2) is 27.5 Å². The summed E-state index contributed by atoms with van der Waals surface area (Å²) < 4.78 is 0. The number of carbonyl (C=O) groups is 1. The molecule has 1 aromatic carbocycles. The Balaban J connectivity index is 1.90. The Bertz CT molecular complexity index is 855. The van der Waals surface area contributed by atoms with Gasteiger partial charge in [-0.15, -0.1) is 6.58 Å². The van der Waals surface area contributed by atoms with Gasteiger partial charge in [0.05, 0.1) is 4.91 Å². The van der Waals surface area contributed by atoms with E-state index in [1.165, 1.54) is 17.3 Å². The number of benzene rings is 1. The largest absolute Gasteiger partial charge is 0.282 e. The molecule has 1 fully saturated rings. The van der Waals surface area contributed by atoms with Crippen molar-refractivity contribution in [1.29, 1.82) is 0 Å². The van der Waals surface area contributed by atoms with E-state index in [1.807, 2.05) is 36.4 Å². The number of pyridine rings is 1. The summed E-state index contributed by atoms with van der Waals surface area (Å²) in [6.45, 7) is 8.49. The first-order valence-corrected chi connectivity index (χ1v) is 9.32. The molecule has 0 N–H and O–H groups in total. The Hall–Kier alpha value is -2.66. The second-order valence-electron chi connectivity index (χ2n) is 6.22. The van der Waals surface area contributed by atoms with Crippen LogP contribution in [0.3, 0.4) is 0 Å². The molecule has 1 amide bonds. The number of carbonyl (C=O) groups excluding carboxylic acids is 1. The molecule has 0 saturated carbocycles. The van der Waals surface area contributed by atoms with Crippen molar-refractivity contribution in [3.05, 3.63) is 77.3 Å². The molecule has 1 saturated heterocycles. The highest BCUT2D eigenvalue weighted by Gasteiger charge is 2.32. The maximum absolute atomic E-state index is 12.8. The molecule has 0 aliphatic carbocycles. The highest BCUT2D eigenvalue weighted by molar-refractivity contribution is 8.18. The Morgan fingerprint density at radius 1 is 1.23 bits per heavy atom. The van der Waals surface area contributed by atoms with Gasteiger partial charge in [0.25, 0.3) is 5.91 Å². The number of hydrogen-bond donors (Lipinski definition) is 0. The Morgan fingerprint density at radius 2 is 2.00 bits per heavy atom. The van der Waals surface area contributed by atoms with Gasteiger partial charge in [-0.3, -0.25) is 9.69 Å². The predicted molar refractivity (Wildman–Crippen MR) is 109 cm³/mol. The minimum atomic E-state index is -0.0579. The number of amidine groups is 1. The van der Waals surface area contributed by atoms with Crippen LogP contribution < -0.4 is 0 Å². The van der Waals surface area contributed by atoms with E-state index in [0.717, 1.165) is 5.56 Å². The summed E-state index contributed by atoms with van der Waals surface area (Å²) in [5, 5.41) is 0.624. The zero-order chi connectivity index (χ0) is 18.5. The van der Waals surface area contributed by atoms with Gasteiger partial charge in [-0.25, -0.2) is 9.98 Å². The quantitative estimate of drug-likeness (QED) is 0.555. The molecule has 0 bridgehead atoms. The Kier molecular flexibility index (Phi) is 5.68. The van der Waals surface area contributed by atoms with E-state index in [-0.39, 0.29) is 5.91 Å². The van der Waals surface area contributed by atoms with Crippen LogP contribution in [0.15, 0.2) is 71.2 Å². The molecule has 2 aromatic rings. The molecule has 2 heterocycles. The fraction of sp³-hybridized carbons (Fsp3) is 0.190. The van der Waals surface area contributed by atoms with Crippen LogP contribution in [-0.2, 0) is 4.79 Å². The van der Waals surface area contributed by atoms with Crippen LogP contribution in [0, 0.1) is 0 Å². The van der Waals surface area contributed by atoms with Gasteiger partial charge in [0, 0.05) is 12.7 Å². The number of amides is 1. The molecule has 0 radical (unpaired) electrons. The summed E-state index contributed by atoms with van der Waals surface area (Å²) in [4.78, 5) is 23.8. The monoisotopic (exact) mass is 363 g/mol. The summed E-state index contributed by atoms with van der Waals surface area (Å²) in [6.07, 6.45) is 5.30. The molecule has 26 heavy (non-hydrogen) atoms. The summed E-state index contributed by atoms with van der Waals surface area (Å²) in [5.74, 6) is 1.01. The van der Waals surface area contributed by atoms with Crippen molar-refractivity contribution in [1.82, 2.24) is 9.88 Å². The minimum Gasteiger partial charge on any atom is -0.282 e. The summed E-state index contributed by atoms with van der Waals surface area (Å²) in [6, 6.07) is 13.8. The molecular weight excluding hydrogens is 342 g/mol. The number of aromatic nitrogens is 1. The van der Waals surface area contributed by atoms with Gasteiger partial charge in [-0.1, -0.05) is 50.3 Å². The molecule has 132 valence electrons. The smallest absolute Gasteiger partial charge is 0.267 e. The standard InChI is InChI=1S/C21H21N3OS/c1-4-13-24-20(25)18(14-16-8-10-17(11-9-16)15(2)3)26-21(24)23-19-7-5-6-12-22-19/h4-12,14-15H,1,13H2,2-3H3/b18-14-,23-21+. The van der Waals surface area contributed by atoms with Gasteiger partial charge in [0.2, 0.25) is 0 Å². The van der Waals surface area contributed by atoms with E-state index in [9.17, 15) is 4.79 Å². The Labute approximate surface area is 158 Å². The lowest BCUT2D eigenvalue weighted by Gasteiger charge is -2.12. The first-order valence-electron chi connectivity index (χ1n) is 8.50. The van der Waals surface area contributed by atoms with Gasteiger partial charge < -0.3 is 0 Å². The second-order valence-corrected chi connectivity index (χ2v) is 7.23. The van der Waals surface area contributed by atoms with E-state index < -0.39 is 0 Å². The van der Waals surface area contributed by atoms with Gasteiger partial charge >= 0.3 is 0 Å². The number of thioether (sulfide) groups is 1. The predicted octanol–water partition coefficient (Wildman–Crippen LogP) is 5.00. The highest BCUT2D eigenvalue weighted by Crippen LogP contribution is 2.33. The molecule has 1 aromatic heterocycles. The molecule has 1 aliphatic heterocycles. The van der Waals surface area contributed by atoms with Crippen LogP contribution in [0.2, 0.25) is 0 Å². The van der Waals surface area contributed by atoms with Crippen molar-refractivity contribution in [2.45, 2.75) is 19.8 Å². The van der Waals surface area contributed by atoms with Gasteiger partial charge in [-0.05, 0) is 47.0 Å². The number of aliphatic imine (C=N–C) groups is 1. The number of nitrogens with zero attached hydrogens (tertiary/aromatic N) is 3. The molecule has 1 aliphatic rings. The van der Waals surface area contributed by atoms with Gasteiger partial charge in [-0.2, -0.15) is 0 Å². The minimum absolute atomic E-state index is 0.0579. The van der Waals surface area contributed by atoms with Gasteiger partial charge in [0.1, 0.15) is 0 Å². The fourth-order valence-corrected chi connectivity index (χ4v) is 3.52. The molecule has 0 atom stereocenters. The third-order valence-corrected chi connectivity index (χ3v) is 4.97. The molecule has 3 rings (SSSR count). The van der Waals surface area contributed by atoms with Crippen LogP contribution in [0.5, 0.6) is 0 Å². The topological polar surface area (TPSA) is 45.6 Å². The van der Waals surface area contributed by atoms with Crippen molar-refractivity contribution < 1.29 is 4.79 Å². The third kappa shape index (κ3) is 4.11. The zero-order valence-electron chi connectivity index (χ0n) is 14.9. The first kappa shape index (κ1) is 18.1. The summed E-state index contributed by atoms with van der Waals surface area (Å²) >= 11 is 1.37. The zero-order valence-corrected chi connectivity index (χ0v) is 15.7. The van der Waals surface area contributed by atoms with Crippen molar-refractivity contribution in [3.8, 4) is 0 Å². The van der Waals surface area contributed by atoms with E-state index in [2.05, 4.69) is 42.5 Å². The first-order chi connectivity index (χ1) is 12.6. The average Bonchev–Trinajstić information content (AvgIpc) is 2.92. The van der Waals surface area contributed by atoms with E-state index in [4.69, 9.17) is 0 Å². The van der Waals surface area contributed by atoms with E-state index >= 15 is 0 Å². The molecular formula is C21H21N3OS. The lowest BCUT2D eigenvalue weighted by Crippen LogP contribution is -2.29. The molecule has 5 heteroatoms. The van der Waals surface area contributed by atoms with E-state index in [0.29, 0.717) is 28.4 Å². The second kappa shape index (κ2) is 8.15. The SMILES string of the molecule is C=CCN1C(=O)/C(=C/c2ccc(C(C)C)cc2)S/C1=N/c1ccccn1. The number of hydrogen-bond acceptors (Lipinski definition) is 4. The normalized spacial score (nSPS) is 17.5. The molecule has 0 unspecified atom stereocenters. The van der Waals surface area contributed by atoms with Crippen LogP contribution in [0.1, 0.15) is 30.9 Å². The fourth-order valence-electron chi connectivity index (χ4n) is 2.53. The third-order valence-electron chi connectivity index (χ3n) is 3.96.